The normalized spacial score (nSPS) is 18.9. The highest BCUT2D eigenvalue weighted by atomic mass is 32.2. The Balaban J connectivity index is 1.83. The van der Waals surface area contributed by atoms with E-state index in [1.807, 2.05) is 11.8 Å². The van der Waals surface area contributed by atoms with Gasteiger partial charge in [-0.2, -0.15) is 11.8 Å². The summed E-state index contributed by atoms with van der Waals surface area (Å²) in [5.74, 6) is -1.81. The maximum atomic E-state index is 13.1. The summed E-state index contributed by atoms with van der Waals surface area (Å²) in [6.07, 6.45) is 4.94. The molecule has 0 bridgehead atoms. The largest absolute Gasteiger partial charge is 0.387 e. The first-order valence-corrected chi connectivity index (χ1v) is 7.68. The van der Waals surface area contributed by atoms with Gasteiger partial charge < -0.3 is 10.4 Å². The first-order valence-electron chi connectivity index (χ1n) is 6.45. The Morgan fingerprint density at radius 2 is 2.11 bits per heavy atom. The van der Waals surface area contributed by atoms with Crippen molar-refractivity contribution in [2.24, 2.45) is 0 Å². The molecule has 1 aliphatic carbocycles. The minimum atomic E-state index is -0.920. The predicted octanol–water partition coefficient (Wildman–Crippen LogP) is 2.87. The molecule has 0 radical (unpaired) electrons. The highest BCUT2D eigenvalue weighted by Crippen LogP contribution is 2.42. The Hall–Kier alpha value is -0.650. The number of aliphatic hydroxyl groups is 1. The van der Waals surface area contributed by atoms with Crippen molar-refractivity contribution in [1.82, 2.24) is 5.32 Å². The van der Waals surface area contributed by atoms with E-state index in [1.165, 1.54) is 25.3 Å². The van der Waals surface area contributed by atoms with E-state index >= 15 is 0 Å². The molecule has 1 aromatic rings. The van der Waals surface area contributed by atoms with Crippen molar-refractivity contribution in [2.75, 3.05) is 19.3 Å². The average molecular weight is 287 g/mol. The number of halogens is 2. The van der Waals surface area contributed by atoms with E-state index in [0.29, 0.717) is 16.9 Å². The number of hydrogen-bond acceptors (Lipinski definition) is 3. The van der Waals surface area contributed by atoms with Crippen LogP contribution in [0, 0.1) is 11.6 Å². The molecule has 106 valence electrons. The molecule has 2 rings (SSSR count). The molecular formula is C14H19F2NOS. The second-order valence-corrected chi connectivity index (χ2v) is 6.34. The van der Waals surface area contributed by atoms with Gasteiger partial charge >= 0.3 is 0 Å². The highest BCUT2D eigenvalue weighted by Gasteiger charge is 2.35. The summed E-state index contributed by atoms with van der Waals surface area (Å²) in [4.78, 5) is 0. The topological polar surface area (TPSA) is 32.3 Å². The number of aliphatic hydroxyl groups excluding tert-OH is 1. The standard InChI is InChI=1S/C14H19F2NOS/c1-19-14(5-2-6-14)9-17-8-13(18)10-3-4-11(15)12(16)7-10/h3-4,7,13,17-18H,2,5-6,8-9H2,1H3. The first-order chi connectivity index (χ1) is 9.06. The molecule has 1 atom stereocenters. The van der Waals surface area contributed by atoms with Crippen LogP contribution in [0.1, 0.15) is 30.9 Å². The van der Waals surface area contributed by atoms with Crippen LogP contribution in [0.25, 0.3) is 0 Å². The van der Waals surface area contributed by atoms with Crippen molar-refractivity contribution in [2.45, 2.75) is 30.1 Å². The highest BCUT2D eigenvalue weighted by molar-refractivity contribution is 8.00. The minimum Gasteiger partial charge on any atom is -0.387 e. The molecule has 0 spiro atoms. The fourth-order valence-electron chi connectivity index (χ4n) is 2.30. The Morgan fingerprint density at radius 3 is 2.63 bits per heavy atom. The van der Waals surface area contributed by atoms with E-state index in [-0.39, 0.29) is 0 Å². The van der Waals surface area contributed by atoms with Crippen LogP contribution in [0.4, 0.5) is 8.78 Å². The summed E-state index contributed by atoms with van der Waals surface area (Å²) in [5, 5.41) is 13.2. The van der Waals surface area contributed by atoms with E-state index in [9.17, 15) is 13.9 Å². The molecule has 2 nitrogen and oxygen atoms in total. The van der Waals surface area contributed by atoms with Gasteiger partial charge in [0.25, 0.3) is 0 Å². The summed E-state index contributed by atoms with van der Waals surface area (Å²) in [6.45, 7) is 1.20. The summed E-state index contributed by atoms with van der Waals surface area (Å²) in [5.41, 5.74) is 0.401. The molecule has 5 heteroatoms. The minimum absolute atomic E-state index is 0.299. The predicted molar refractivity (Wildman–Crippen MR) is 74.3 cm³/mol. The van der Waals surface area contributed by atoms with E-state index in [0.717, 1.165) is 18.7 Å². The number of benzene rings is 1. The third kappa shape index (κ3) is 3.46. The van der Waals surface area contributed by atoms with Crippen molar-refractivity contribution >= 4 is 11.8 Å². The SMILES string of the molecule is CSC1(CNCC(O)c2ccc(F)c(F)c2)CCC1. The molecule has 1 saturated carbocycles. The van der Waals surface area contributed by atoms with Gasteiger partial charge in [0.1, 0.15) is 0 Å². The second-order valence-electron chi connectivity index (χ2n) is 5.06. The van der Waals surface area contributed by atoms with Gasteiger partial charge in [-0.1, -0.05) is 12.5 Å². The molecule has 1 unspecified atom stereocenters. The van der Waals surface area contributed by atoms with Crippen LogP contribution in [-0.4, -0.2) is 29.2 Å². The van der Waals surface area contributed by atoms with Crippen LogP contribution < -0.4 is 5.32 Å². The third-order valence-electron chi connectivity index (χ3n) is 3.81. The Labute approximate surface area is 116 Å². The van der Waals surface area contributed by atoms with E-state index in [2.05, 4.69) is 11.6 Å². The van der Waals surface area contributed by atoms with Crippen molar-refractivity contribution < 1.29 is 13.9 Å². The molecule has 0 aliphatic heterocycles. The maximum absolute atomic E-state index is 13.1. The van der Waals surface area contributed by atoms with Crippen LogP contribution in [0.2, 0.25) is 0 Å². The lowest BCUT2D eigenvalue weighted by Gasteiger charge is -2.40. The number of nitrogens with one attached hydrogen (secondary N) is 1. The lowest BCUT2D eigenvalue weighted by molar-refractivity contribution is 0.170. The lowest BCUT2D eigenvalue weighted by atomic mass is 9.84. The van der Waals surface area contributed by atoms with E-state index in [4.69, 9.17) is 0 Å². The molecule has 19 heavy (non-hydrogen) atoms. The van der Waals surface area contributed by atoms with Gasteiger partial charge in [-0.05, 0) is 36.8 Å². The van der Waals surface area contributed by atoms with Gasteiger partial charge in [-0.15, -0.1) is 0 Å². The summed E-state index contributed by atoms with van der Waals surface area (Å²) in [7, 11) is 0. The molecule has 1 fully saturated rings. The van der Waals surface area contributed by atoms with Crippen LogP contribution >= 0.6 is 11.8 Å². The summed E-state index contributed by atoms with van der Waals surface area (Å²) < 4.78 is 26.2. The summed E-state index contributed by atoms with van der Waals surface area (Å²) in [6, 6.07) is 3.51. The molecule has 1 aliphatic rings. The van der Waals surface area contributed by atoms with Crippen molar-refractivity contribution in [3.8, 4) is 0 Å². The lowest BCUT2D eigenvalue weighted by Crippen LogP contribution is -2.44. The monoisotopic (exact) mass is 287 g/mol. The van der Waals surface area contributed by atoms with Gasteiger partial charge in [0, 0.05) is 17.8 Å². The Morgan fingerprint density at radius 1 is 1.37 bits per heavy atom. The van der Waals surface area contributed by atoms with Crippen LogP contribution in [0.15, 0.2) is 18.2 Å². The molecule has 1 aromatic carbocycles. The van der Waals surface area contributed by atoms with Crippen LogP contribution in [-0.2, 0) is 0 Å². The molecule has 0 heterocycles. The average Bonchev–Trinajstić information content (AvgIpc) is 2.36. The zero-order valence-electron chi connectivity index (χ0n) is 11.0. The maximum Gasteiger partial charge on any atom is 0.159 e. The van der Waals surface area contributed by atoms with E-state index < -0.39 is 17.7 Å². The zero-order valence-corrected chi connectivity index (χ0v) is 11.8. The quantitative estimate of drug-likeness (QED) is 0.844. The van der Waals surface area contributed by atoms with Gasteiger partial charge in [0.2, 0.25) is 0 Å². The fourth-order valence-corrected chi connectivity index (χ4v) is 3.24. The van der Waals surface area contributed by atoms with Gasteiger partial charge in [0.15, 0.2) is 11.6 Å². The smallest absolute Gasteiger partial charge is 0.159 e. The van der Waals surface area contributed by atoms with Crippen molar-refractivity contribution in [3.05, 3.63) is 35.4 Å². The number of hydrogen-bond donors (Lipinski definition) is 2. The van der Waals surface area contributed by atoms with E-state index in [1.54, 1.807) is 0 Å². The van der Waals surface area contributed by atoms with Crippen LogP contribution in [0.3, 0.4) is 0 Å². The van der Waals surface area contributed by atoms with Crippen molar-refractivity contribution in [1.29, 1.82) is 0 Å². The number of thioether (sulfide) groups is 1. The van der Waals surface area contributed by atoms with Crippen LogP contribution in [0.5, 0.6) is 0 Å². The first kappa shape index (κ1) is 14.8. The van der Waals surface area contributed by atoms with Crippen molar-refractivity contribution in [3.63, 3.8) is 0 Å². The third-order valence-corrected chi connectivity index (χ3v) is 5.23. The molecular weight excluding hydrogens is 268 g/mol. The molecule has 2 N–H and O–H groups in total. The van der Waals surface area contributed by atoms with Gasteiger partial charge in [0.05, 0.1) is 6.10 Å². The fraction of sp³-hybridized carbons (Fsp3) is 0.571. The molecule has 0 aromatic heterocycles. The van der Waals surface area contributed by atoms with Gasteiger partial charge in [-0.3, -0.25) is 0 Å². The van der Waals surface area contributed by atoms with Gasteiger partial charge in [-0.25, -0.2) is 8.78 Å². The Bertz CT molecular complexity index is 432. The molecule has 0 amide bonds. The summed E-state index contributed by atoms with van der Waals surface area (Å²) >= 11 is 1.86. The Kier molecular flexibility index (Phi) is 4.81. The molecule has 0 saturated heterocycles. The second kappa shape index (κ2) is 6.20. The zero-order chi connectivity index (χ0) is 13.9. The number of rotatable bonds is 6.